The lowest BCUT2D eigenvalue weighted by Crippen LogP contribution is -2.38. The van der Waals surface area contributed by atoms with Crippen molar-refractivity contribution in [1.82, 2.24) is 10.6 Å². The summed E-state index contributed by atoms with van der Waals surface area (Å²) >= 11 is 2.09. The fraction of sp³-hybridized carbons (Fsp3) is 0.158. The van der Waals surface area contributed by atoms with Crippen molar-refractivity contribution in [2.24, 2.45) is 0 Å². The Bertz CT molecular complexity index is 887. The van der Waals surface area contributed by atoms with Gasteiger partial charge in [-0.2, -0.15) is 0 Å². The summed E-state index contributed by atoms with van der Waals surface area (Å²) in [5.41, 5.74) is 1.34. The number of carbonyl (C=O) groups is 2. The molecular formula is C19H17IN2O3. The van der Waals surface area contributed by atoms with E-state index in [4.69, 9.17) is 4.42 Å². The predicted molar refractivity (Wildman–Crippen MR) is 104 cm³/mol. The molecule has 2 N–H and O–H groups in total. The number of hydrogen-bond acceptors (Lipinski definition) is 3. The monoisotopic (exact) mass is 448 g/mol. The molecule has 3 rings (SSSR count). The maximum atomic E-state index is 12.1. The number of para-hydroxylation sites is 1. The Balaban J connectivity index is 1.57. The lowest BCUT2D eigenvalue weighted by molar-refractivity contribution is -0.120. The van der Waals surface area contributed by atoms with Crippen LogP contribution in [0.4, 0.5) is 0 Å². The summed E-state index contributed by atoms with van der Waals surface area (Å²) in [6.07, 6.45) is 0. The number of halogens is 1. The standard InChI is InChI=1S/C19H17IN2O3/c1-12(17-10-13-6-2-5-9-16(13)25-17)22-18(23)11-21-19(24)14-7-3-4-8-15(14)20/h2-10,12H,11H2,1H3,(H,21,24)(H,22,23). The second kappa shape index (κ2) is 7.69. The zero-order valence-electron chi connectivity index (χ0n) is 13.6. The molecule has 2 amide bonds. The average Bonchev–Trinajstić information content (AvgIpc) is 3.04. The van der Waals surface area contributed by atoms with Crippen LogP contribution in [-0.2, 0) is 4.79 Å². The predicted octanol–water partition coefficient (Wildman–Crippen LogP) is 3.64. The molecule has 0 saturated heterocycles. The Morgan fingerprint density at radius 2 is 1.84 bits per heavy atom. The van der Waals surface area contributed by atoms with Gasteiger partial charge in [0.2, 0.25) is 5.91 Å². The van der Waals surface area contributed by atoms with E-state index < -0.39 is 0 Å². The SMILES string of the molecule is CC(NC(=O)CNC(=O)c1ccccc1I)c1cc2ccccc2o1. The molecule has 0 aliphatic heterocycles. The van der Waals surface area contributed by atoms with E-state index in [1.54, 1.807) is 12.1 Å². The largest absolute Gasteiger partial charge is 0.459 e. The molecule has 0 radical (unpaired) electrons. The number of carbonyl (C=O) groups excluding carboxylic acids is 2. The van der Waals surface area contributed by atoms with Gasteiger partial charge in [-0.1, -0.05) is 30.3 Å². The van der Waals surface area contributed by atoms with Gasteiger partial charge in [-0.05, 0) is 53.8 Å². The summed E-state index contributed by atoms with van der Waals surface area (Å²) in [6.45, 7) is 1.76. The molecule has 25 heavy (non-hydrogen) atoms. The Hall–Kier alpha value is -2.35. The van der Waals surface area contributed by atoms with Crippen LogP contribution in [0.1, 0.15) is 29.1 Å². The van der Waals surface area contributed by atoms with E-state index in [2.05, 4.69) is 33.2 Å². The highest BCUT2D eigenvalue weighted by Crippen LogP contribution is 2.23. The Kier molecular flexibility index (Phi) is 5.37. The highest BCUT2D eigenvalue weighted by atomic mass is 127. The van der Waals surface area contributed by atoms with E-state index in [0.29, 0.717) is 11.3 Å². The second-order valence-electron chi connectivity index (χ2n) is 5.64. The van der Waals surface area contributed by atoms with Gasteiger partial charge in [-0.3, -0.25) is 9.59 Å². The summed E-state index contributed by atoms with van der Waals surface area (Å²) in [5.74, 6) is 0.141. The second-order valence-corrected chi connectivity index (χ2v) is 6.80. The summed E-state index contributed by atoms with van der Waals surface area (Å²) in [4.78, 5) is 24.2. The number of furan rings is 1. The summed E-state index contributed by atoms with van der Waals surface area (Å²) < 4.78 is 6.58. The van der Waals surface area contributed by atoms with Gasteiger partial charge in [0.05, 0.1) is 18.2 Å². The summed E-state index contributed by atoms with van der Waals surface area (Å²) in [6, 6.07) is 16.5. The molecule has 0 aliphatic rings. The molecule has 1 heterocycles. The number of fused-ring (bicyclic) bond motifs is 1. The van der Waals surface area contributed by atoms with Crippen LogP contribution in [0.5, 0.6) is 0 Å². The maximum Gasteiger partial charge on any atom is 0.252 e. The first-order valence-corrected chi connectivity index (χ1v) is 8.93. The fourth-order valence-corrected chi connectivity index (χ4v) is 3.11. The Morgan fingerprint density at radius 1 is 1.12 bits per heavy atom. The minimum absolute atomic E-state index is 0.0889. The van der Waals surface area contributed by atoms with E-state index in [-0.39, 0.29) is 24.4 Å². The molecule has 5 nitrogen and oxygen atoms in total. The number of amides is 2. The van der Waals surface area contributed by atoms with Crippen LogP contribution in [0.3, 0.4) is 0 Å². The van der Waals surface area contributed by atoms with Crippen LogP contribution in [0.2, 0.25) is 0 Å². The van der Waals surface area contributed by atoms with Crippen molar-refractivity contribution in [3.8, 4) is 0 Å². The first-order valence-electron chi connectivity index (χ1n) is 7.85. The maximum absolute atomic E-state index is 12.1. The molecule has 1 unspecified atom stereocenters. The normalized spacial score (nSPS) is 11.9. The molecule has 0 saturated carbocycles. The van der Waals surface area contributed by atoms with Crippen molar-refractivity contribution >= 4 is 45.4 Å². The lowest BCUT2D eigenvalue weighted by Gasteiger charge is -2.12. The van der Waals surface area contributed by atoms with Crippen molar-refractivity contribution in [2.45, 2.75) is 13.0 Å². The minimum atomic E-state index is -0.284. The van der Waals surface area contributed by atoms with E-state index in [9.17, 15) is 9.59 Å². The Labute approximate surface area is 158 Å². The molecule has 0 bridgehead atoms. The molecule has 0 aliphatic carbocycles. The third-order valence-corrected chi connectivity index (χ3v) is 4.72. The molecule has 1 atom stereocenters. The van der Waals surface area contributed by atoms with Crippen LogP contribution < -0.4 is 10.6 Å². The van der Waals surface area contributed by atoms with Crippen LogP contribution in [0.15, 0.2) is 59.0 Å². The number of benzene rings is 2. The average molecular weight is 448 g/mol. The molecule has 6 heteroatoms. The highest BCUT2D eigenvalue weighted by Gasteiger charge is 2.15. The first-order chi connectivity index (χ1) is 12.0. The van der Waals surface area contributed by atoms with Crippen molar-refractivity contribution < 1.29 is 14.0 Å². The summed E-state index contributed by atoms with van der Waals surface area (Å²) in [7, 11) is 0. The van der Waals surface area contributed by atoms with Crippen molar-refractivity contribution in [2.75, 3.05) is 6.54 Å². The lowest BCUT2D eigenvalue weighted by atomic mass is 10.2. The number of rotatable bonds is 5. The molecule has 0 fully saturated rings. The molecule has 128 valence electrons. The van der Waals surface area contributed by atoms with Gasteiger partial charge in [0.25, 0.3) is 5.91 Å². The number of nitrogens with one attached hydrogen (secondary N) is 2. The third-order valence-electron chi connectivity index (χ3n) is 3.78. The van der Waals surface area contributed by atoms with Gasteiger partial charge >= 0.3 is 0 Å². The molecule has 1 aromatic heterocycles. The quantitative estimate of drug-likeness (QED) is 0.586. The van der Waals surface area contributed by atoms with E-state index in [1.165, 1.54) is 0 Å². The van der Waals surface area contributed by atoms with Crippen LogP contribution in [0, 0.1) is 3.57 Å². The van der Waals surface area contributed by atoms with Gasteiger partial charge in [-0.15, -0.1) is 0 Å². The first kappa shape index (κ1) is 17.5. The summed E-state index contributed by atoms with van der Waals surface area (Å²) in [5, 5.41) is 6.46. The van der Waals surface area contributed by atoms with Gasteiger partial charge in [0.1, 0.15) is 11.3 Å². The van der Waals surface area contributed by atoms with Crippen molar-refractivity contribution in [3.05, 3.63) is 69.5 Å². The van der Waals surface area contributed by atoms with Gasteiger partial charge in [-0.25, -0.2) is 0 Å². The smallest absolute Gasteiger partial charge is 0.252 e. The van der Waals surface area contributed by atoms with Crippen molar-refractivity contribution in [1.29, 1.82) is 0 Å². The van der Waals surface area contributed by atoms with E-state index in [0.717, 1.165) is 14.5 Å². The topological polar surface area (TPSA) is 71.3 Å². The molecular weight excluding hydrogens is 431 g/mol. The molecule has 2 aromatic carbocycles. The molecule has 3 aromatic rings. The van der Waals surface area contributed by atoms with Crippen LogP contribution in [-0.4, -0.2) is 18.4 Å². The van der Waals surface area contributed by atoms with Gasteiger partial charge in [0, 0.05) is 8.96 Å². The van der Waals surface area contributed by atoms with Crippen LogP contribution in [0.25, 0.3) is 11.0 Å². The van der Waals surface area contributed by atoms with Crippen LogP contribution >= 0.6 is 22.6 Å². The van der Waals surface area contributed by atoms with Gasteiger partial charge < -0.3 is 15.1 Å². The van der Waals surface area contributed by atoms with Crippen molar-refractivity contribution in [3.63, 3.8) is 0 Å². The number of hydrogen-bond donors (Lipinski definition) is 2. The van der Waals surface area contributed by atoms with Gasteiger partial charge in [0.15, 0.2) is 0 Å². The minimum Gasteiger partial charge on any atom is -0.459 e. The van der Waals surface area contributed by atoms with E-state index in [1.807, 2.05) is 49.4 Å². The highest BCUT2D eigenvalue weighted by molar-refractivity contribution is 14.1. The fourth-order valence-electron chi connectivity index (χ4n) is 2.48. The Morgan fingerprint density at radius 3 is 2.60 bits per heavy atom. The third kappa shape index (κ3) is 4.19. The zero-order chi connectivity index (χ0) is 17.8. The van der Waals surface area contributed by atoms with E-state index >= 15 is 0 Å². The zero-order valence-corrected chi connectivity index (χ0v) is 15.7. The molecule has 0 spiro atoms.